The lowest BCUT2D eigenvalue weighted by Gasteiger charge is -2.25. The van der Waals surface area contributed by atoms with Gasteiger partial charge in [-0.15, -0.1) is 0 Å². The lowest BCUT2D eigenvalue weighted by atomic mass is 10.4. The monoisotopic (exact) mass is 320 g/mol. The number of carbonyl (C=O) groups is 1. The van der Waals surface area contributed by atoms with Crippen molar-refractivity contribution in [3.05, 3.63) is 0 Å². The number of amides is 1. The molecule has 21 heavy (non-hydrogen) atoms. The fraction of sp³-hybridized carbons (Fsp3) is 0.846. The highest BCUT2D eigenvalue weighted by atomic mass is 32.2. The Morgan fingerprint density at radius 1 is 1.19 bits per heavy atom. The van der Waals surface area contributed by atoms with Crippen molar-refractivity contribution in [3.8, 4) is 0 Å². The van der Waals surface area contributed by atoms with Gasteiger partial charge in [0.1, 0.15) is 9.84 Å². The molecule has 0 aliphatic heterocycles. The van der Waals surface area contributed by atoms with E-state index in [1.54, 1.807) is 16.8 Å². The molecule has 1 N–H and O–H groups in total. The Hall–Kier alpha value is -1.31. The number of aliphatic imine (C=N–C) groups is 1. The van der Waals surface area contributed by atoms with Crippen molar-refractivity contribution in [1.82, 2.24) is 15.1 Å². The third kappa shape index (κ3) is 8.54. The molecule has 0 unspecified atom stereocenters. The number of likely N-dealkylation sites (N-methyl/N-ethyl adjacent to an activating group) is 2. The molecule has 1 amide bonds. The fourth-order valence-corrected chi connectivity index (χ4v) is 2.16. The third-order valence-corrected chi connectivity index (χ3v) is 3.83. The summed E-state index contributed by atoms with van der Waals surface area (Å²) in [4.78, 5) is 19.8. The van der Waals surface area contributed by atoms with Crippen LogP contribution in [0.4, 0.5) is 0 Å². The highest BCUT2D eigenvalue weighted by molar-refractivity contribution is 7.90. The Bertz CT molecular complexity index is 444. The average molecular weight is 320 g/mol. The molecule has 0 fully saturated rings. The number of hydrogen-bond acceptors (Lipinski definition) is 4. The van der Waals surface area contributed by atoms with Gasteiger partial charge in [-0.1, -0.05) is 0 Å². The van der Waals surface area contributed by atoms with Crippen LogP contribution in [-0.4, -0.2) is 81.9 Å². The van der Waals surface area contributed by atoms with Gasteiger partial charge in [0.15, 0.2) is 5.96 Å². The summed E-state index contributed by atoms with van der Waals surface area (Å²) in [7, 11) is -1.27. The second-order valence-corrected chi connectivity index (χ2v) is 7.05. The number of nitrogens with zero attached hydrogens (tertiary/aromatic N) is 3. The maximum Gasteiger partial charge on any atom is 0.242 e. The molecular formula is C13H28N4O3S. The van der Waals surface area contributed by atoms with E-state index in [2.05, 4.69) is 10.3 Å². The zero-order valence-corrected chi connectivity index (χ0v) is 14.5. The highest BCUT2D eigenvalue weighted by Crippen LogP contribution is 1.94. The first kappa shape index (κ1) is 19.7. The lowest BCUT2D eigenvalue weighted by Crippen LogP contribution is -2.45. The Labute approximate surface area is 128 Å². The van der Waals surface area contributed by atoms with E-state index in [0.717, 1.165) is 0 Å². The van der Waals surface area contributed by atoms with Crippen molar-refractivity contribution in [2.75, 3.05) is 51.8 Å². The first-order valence-corrected chi connectivity index (χ1v) is 9.26. The Morgan fingerprint density at radius 3 is 2.19 bits per heavy atom. The van der Waals surface area contributed by atoms with E-state index < -0.39 is 9.84 Å². The zero-order valence-electron chi connectivity index (χ0n) is 13.7. The van der Waals surface area contributed by atoms with Crippen molar-refractivity contribution < 1.29 is 13.2 Å². The molecule has 7 nitrogen and oxygen atoms in total. The maximum absolute atomic E-state index is 12.1. The smallest absolute Gasteiger partial charge is 0.242 e. The van der Waals surface area contributed by atoms with E-state index in [-0.39, 0.29) is 24.7 Å². The summed E-state index contributed by atoms with van der Waals surface area (Å²) < 4.78 is 22.2. The standard InChI is InChI=1S/C13H28N4O3S/c1-6-14-13(15-9-10-21(5,19)20)16(4)11-12(18)17(7-2)8-3/h6-11H2,1-5H3,(H,14,15). The molecule has 0 atom stereocenters. The van der Waals surface area contributed by atoms with E-state index >= 15 is 0 Å². The molecular weight excluding hydrogens is 292 g/mol. The van der Waals surface area contributed by atoms with Crippen molar-refractivity contribution in [3.63, 3.8) is 0 Å². The second kappa shape index (κ2) is 9.59. The third-order valence-electron chi connectivity index (χ3n) is 2.91. The zero-order chi connectivity index (χ0) is 16.5. The van der Waals surface area contributed by atoms with Crippen molar-refractivity contribution >= 4 is 21.7 Å². The van der Waals surface area contributed by atoms with Gasteiger partial charge in [0.2, 0.25) is 5.91 Å². The molecule has 0 heterocycles. The minimum atomic E-state index is -3.03. The molecule has 0 bridgehead atoms. The molecule has 0 aromatic carbocycles. The molecule has 0 aromatic heterocycles. The molecule has 124 valence electrons. The molecule has 8 heteroatoms. The van der Waals surface area contributed by atoms with Crippen molar-refractivity contribution in [2.24, 2.45) is 4.99 Å². The predicted molar refractivity (Wildman–Crippen MR) is 86.2 cm³/mol. The number of rotatable bonds is 8. The van der Waals surface area contributed by atoms with Crippen LogP contribution in [0.2, 0.25) is 0 Å². The molecule has 0 saturated carbocycles. The normalized spacial score (nSPS) is 12.1. The Morgan fingerprint density at radius 2 is 1.76 bits per heavy atom. The second-order valence-electron chi connectivity index (χ2n) is 4.79. The van der Waals surface area contributed by atoms with Crippen molar-refractivity contribution in [2.45, 2.75) is 20.8 Å². The number of nitrogens with one attached hydrogen (secondary N) is 1. The summed E-state index contributed by atoms with van der Waals surface area (Å²) in [5.74, 6) is 0.567. The lowest BCUT2D eigenvalue weighted by molar-refractivity contribution is -0.131. The van der Waals surface area contributed by atoms with Crippen LogP contribution in [0.5, 0.6) is 0 Å². The van der Waals surface area contributed by atoms with E-state index in [9.17, 15) is 13.2 Å². The van der Waals surface area contributed by atoms with Crippen LogP contribution in [0.1, 0.15) is 20.8 Å². The number of carbonyl (C=O) groups excluding carboxylic acids is 1. The Balaban J connectivity index is 4.71. The van der Waals surface area contributed by atoms with E-state index in [4.69, 9.17) is 0 Å². The van der Waals surface area contributed by atoms with E-state index in [1.807, 2.05) is 20.8 Å². The van der Waals surface area contributed by atoms with Crippen LogP contribution in [0.3, 0.4) is 0 Å². The van der Waals surface area contributed by atoms with Gasteiger partial charge in [-0.2, -0.15) is 0 Å². The quantitative estimate of drug-likeness (QED) is 0.495. The molecule has 0 aromatic rings. The van der Waals surface area contributed by atoms with Crippen LogP contribution in [0.15, 0.2) is 4.99 Å². The first-order valence-electron chi connectivity index (χ1n) is 7.20. The van der Waals surface area contributed by atoms with Gasteiger partial charge < -0.3 is 15.1 Å². The summed E-state index contributed by atoms with van der Waals surface area (Å²) in [6, 6.07) is 0. The summed E-state index contributed by atoms with van der Waals surface area (Å²) in [6.45, 7) is 8.19. The van der Waals surface area contributed by atoms with Crippen LogP contribution in [0.25, 0.3) is 0 Å². The maximum atomic E-state index is 12.1. The van der Waals surface area contributed by atoms with Crippen LogP contribution in [0, 0.1) is 0 Å². The van der Waals surface area contributed by atoms with Gasteiger partial charge in [-0.05, 0) is 20.8 Å². The molecule has 0 spiro atoms. The molecule has 0 radical (unpaired) electrons. The largest absolute Gasteiger partial charge is 0.357 e. The molecule has 0 aliphatic rings. The highest BCUT2D eigenvalue weighted by Gasteiger charge is 2.15. The van der Waals surface area contributed by atoms with Gasteiger partial charge in [0, 0.05) is 32.9 Å². The number of guanidine groups is 1. The fourth-order valence-electron chi connectivity index (χ4n) is 1.74. The summed E-state index contributed by atoms with van der Waals surface area (Å²) in [6.07, 6.45) is 1.18. The van der Waals surface area contributed by atoms with Gasteiger partial charge in [0.05, 0.1) is 18.8 Å². The van der Waals surface area contributed by atoms with E-state index in [0.29, 0.717) is 25.6 Å². The van der Waals surface area contributed by atoms with Crippen LogP contribution < -0.4 is 5.32 Å². The number of hydrogen-bond donors (Lipinski definition) is 1. The molecule has 0 saturated heterocycles. The number of sulfone groups is 1. The summed E-state index contributed by atoms with van der Waals surface area (Å²) in [5.41, 5.74) is 0. The molecule has 0 aliphatic carbocycles. The topological polar surface area (TPSA) is 82.1 Å². The minimum Gasteiger partial charge on any atom is -0.357 e. The predicted octanol–water partition coefficient (Wildman–Crippen LogP) is -0.203. The summed E-state index contributed by atoms with van der Waals surface area (Å²) in [5, 5.41) is 3.06. The minimum absolute atomic E-state index is 0.000272. The Kier molecular flexibility index (Phi) is 9.00. The van der Waals surface area contributed by atoms with Crippen molar-refractivity contribution in [1.29, 1.82) is 0 Å². The van der Waals surface area contributed by atoms with Gasteiger partial charge in [-0.3, -0.25) is 9.79 Å². The van der Waals surface area contributed by atoms with Crippen LogP contribution >= 0.6 is 0 Å². The van der Waals surface area contributed by atoms with Crippen LogP contribution in [-0.2, 0) is 14.6 Å². The van der Waals surface area contributed by atoms with Gasteiger partial charge in [0.25, 0.3) is 0 Å². The first-order chi connectivity index (χ1) is 9.75. The summed E-state index contributed by atoms with van der Waals surface area (Å²) >= 11 is 0. The molecule has 0 rings (SSSR count). The average Bonchev–Trinajstić information content (AvgIpc) is 2.37. The van der Waals surface area contributed by atoms with Gasteiger partial charge >= 0.3 is 0 Å². The SMILES string of the molecule is CCNC(=NCCS(C)(=O)=O)N(C)CC(=O)N(CC)CC. The van der Waals surface area contributed by atoms with E-state index in [1.165, 1.54) is 6.26 Å². The van der Waals surface area contributed by atoms with Gasteiger partial charge in [-0.25, -0.2) is 8.42 Å².